The maximum absolute atomic E-state index is 12.2. The highest BCUT2D eigenvalue weighted by molar-refractivity contribution is 5.79. The number of benzene rings is 1. The molecule has 1 aromatic carbocycles. The molecule has 0 radical (unpaired) electrons. The lowest BCUT2D eigenvalue weighted by molar-refractivity contribution is -0.135. The molecule has 17 heavy (non-hydrogen) atoms. The van der Waals surface area contributed by atoms with E-state index in [0.29, 0.717) is 0 Å². The van der Waals surface area contributed by atoms with E-state index in [2.05, 4.69) is 24.4 Å². The van der Waals surface area contributed by atoms with Gasteiger partial charge in [0.2, 0.25) is 5.91 Å². The Morgan fingerprint density at radius 2 is 1.94 bits per heavy atom. The fourth-order valence-corrected chi connectivity index (χ4v) is 2.25. The van der Waals surface area contributed by atoms with E-state index in [1.807, 2.05) is 24.0 Å². The van der Waals surface area contributed by atoms with E-state index in [1.165, 1.54) is 11.1 Å². The number of nitrogens with zero attached hydrogens (tertiary/aromatic N) is 1. The Morgan fingerprint density at radius 1 is 1.35 bits per heavy atom. The molecular formula is C14H20N2O. The molecule has 1 atom stereocenters. The topological polar surface area (TPSA) is 32.3 Å². The molecule has 0 spiro atoms. The van der Waals surface area contributed by atoms with Crippen LogP contribution in [0, 0.1) is 5.92 Å². The summed E-state index contributed by atoms with van der Waals surface area (Å²) in [5.41, 5.74) is 2.58. The summed E-state index contributed by atoms with van der Waals surface area (Å²) in [6.07, 6.45) is 0. The van der Waals surface area contributed by atoms with Crippen LogP contribution in [-0.4, -0.2) is 23.9 Å². The van der Waals surface area contributed by atoms with E-state index in [1.54, 1.807) is 0 Å². The van der Waals surface area contributed by atoms with E-state index in [-0.39, 0.29) is 11.8 Å². The van der Waals surface area contributed by atoms with Gasteiger partial charge in [-0.25, -0.2) is 0 Å². The van der Waals surface area contributed by atoms with Crippen molar-refractivity contribution in [3.8, 4) is 0 Å². The Balaban J connectivity index is 1.96. The van der Waals surface area contributed by atoms with Crippen LogP contribution in [0.4, 0.5) is 0 Å². The van der Waals surface area contributed by atoms with E-state index in [0.717, 1.165) is 26.2 Å². The van der Waals surface area contributed by atoms with Gasteiger partial charge in [0.05, 0.1) is 0 Å². The first-order chi connectivity index (χ1) is 8.22. The van der Waals surface area contributed by atoms with Crippen molar-refractivity contribution < 1.29 is 4.79 Å². The van der Waals surface area contributed by atoms with Gasteiger partial charge in [-0.05, 0) is 17.7 Å². The van der Waals surface area contributed by atoms with Gasteiger partial charge in [0, 0.05) is 25.6 Å². The summed E-state index contributed by atoms with van der Waals surface area (Å²) in [4.78, 5) is 14.2. The molecule has 0 saturated heterocycles. The lowest BCUT2D eigenvalue weighted by atomic mass is 10.1. The summed E-state index contributed by atoms with van der Waals surface area (Å²) >= 11 is 0. The Morgan fingerprint density at radius 3 is 2.47 bits per heavy atom. The number of hydrogen-bond acceptors (Lipinski definition) is 2. The van der Waals surface area contributed by atoms with E-state index in [4.69, 9.17) is 0 Å². The van der Waals surface area contributed by atoms with Crippen molar-refractivity contribution in [2.24, 2.45) is 5.92 Å². The van der Waals surface area contributed by atoms with Crippen molar-refractivity contribution in [2.45, 2.75) is 26.9 Å². The van der Waals surface area contributed by atoms with Gasteiger partial charge in [-0.2, -0.15) is 0 Å². The second kappa shape index (κ2) is 5.32. The summed E-state index contributed by atoms with van der Waals surface area (Å²) in [6, 6.07) is 8.29. The third-order valence-corrected chi connectivity index (χ3v) is 3.27. The number of carbonyl (C=O) groups is 1. The summed E-state index contributed by atoms with van der Waals surface area (Å²) in [5, 5.41) is 3.23. The zero-order valence-electron chi connectivity index (χ0n) is 10.6. The molecule has 1 unspecified atom stereocenters. The highest BCUT2D eigenvalue weighted by Crippen LogP contribution is 2.23. The summed E-state index contributed by atoms with van der Waals surface area (Å²) in [6.45, 7) is 7.27. The maximum Gasteiger partial charge on any atom is 0.227 e. The van der Waals surface area contributed by atoms with Gasteiger partial charge in [0.1, 0.15) is 0 Å². The molecule has 1 N–H and O–H groups in total. The van der Waals surface area contributed by atoms with Gasteiger partial charge < -0.3 is 10.2 Å². The zero-order valence-corrected chi connectivity index (χ0v) is 10.6. The summed E-state index contributed by atoms with van der Waals surface area (Å²) < 4.78 is 0. The molecule has 2 rings (SSSR count). The Labute approximate surface area is 103 Å². The van der Waals surface area contributed by atoms with Gasteiger partial charge in [0.15, 0.2) is 0 Å². The second-order valence-corrected chi connectivity index (χ2v) is 4.67. The number of carbonyl (C=O) groups excluding carboxylic acids is 1. The van der Waals surface area contributed by atoms with Gasteiger partial charge >= 0.3 is 0 Å². The lowest BCUT2D eigenvalue weighted by Gasteiger charge is -2.20. The third-order valence-electron chi connectivity index (χ3n) is 3.27. The van der Waals surface area contributed by atoms with Crippen LogP contribution in [0.2, 0.25) is 0 Å². The fourth-order valence-electron chi connectivity index (χ4n) is 2.25. The zero-order chi connectivity index (χ0) is 12.3. The molecule has 1 aromatic rings. The molecule has 92 valence electrons. The predicted molar refractivity (Wildman–Crippen MR) is 68.4 cm³/mol. The molecule has 1 amide bonds. The molecule has 3 heteroatoms. The minimum Gasteiger partial charge on any atom is -0.334 e. The molecule has 0 fully saturated rings. The van der Waals surface area contributed by atoms with Gasteiger partial charge in [-0.3, -0.25) is 4.79 Å². The smallest absolute Gasteiger partial charge is 0.227 e. The van der Waals surface area contributed by atoms with Gasteiger partial charge in [-0.15, -0.1) is 0 Å². The van der Waals surface area contributed by atoms with E-state index < -0.39 is 0 Å². The van der Waals surface area contributed by atoms with Crippen LogP contribution in [0.3, 0.4) is 0 Å². The number of rotatable bonds is 4. The SMILES string of the molecule is CCNCC(C)C(=O)N1Cc2ccccc2C1. The molecule has 1 aliphatic heterocycles. The normalized spacial score (nSPS) is 15.8. The van der Waals surface area contributed by atoms with Crippen LogP contribution in [0.15, 0.2) is 24.3 Å². The average Bonchev–Trinajstić information content (AvgIpc) is 2.78. The molecule has 0 saturated carbocycles. The largest absolute Gasteiger partial charge is 0.334 e. The van der Waals surface area contributed by atoms with Crippen LogP contribution in [0.1, 0.15) is 25.0 Å². The highest BCUT2D eigenvalue weighted by Gasteiger charge is 2.25. The summed E-state index contributed by atoms with van der Waals surface area (Å²) in [5.74, 6) is 0.311. The second-order valence-electron chi connectivity index (χ2n) is 4.67. The van der Waals surface area contributed by atoms with Crippen molar-refractivity contribution >= 4 is 5.91 Å². The minimum atomic E-state index is 0.0595. The van der Waals surface area contributed by atoms with Crippen LogP contribution < -0.4 is 5.32 Å². The first-order valence-electron chi connectivity index (χ1n) is 6.28. The van der Waals surface area contributed by atoms with Crippen molar-refractivity contribution in [1.82, 2.24) is 10.2 Å². The van der Waals surface area contributed by atoms with Crippen LogP contribution in [0.25, 0.3) is 0 Å². The van der Waals surface area contributed by atoms with Crippen LogP contribution in [-0.2, 0) is 17.9 Å². The minimum absolute atomic E-state index is 0.0595. The fraction of sp³-hybridized carbons (Fsp3) is 0.500. The molecule has 1 aliphatic rings. The van der Waals surface area contributed by atoms with Gasteiger partial charge in [-0.1, -0.05) is 38.1 Å². The Hall–Kier alpha value is -1.35. The number of amides is 1. The van der Waals surface area contributed by atoms with E-state index in [9.17, 15) is 4.79 Å². The van der Waals surface area contributed by atoms with Crippen molar-refractivity contribution in [2.75, 3.05) is 13.1 Å². The van der Waals surface area contributed by atoms with Crippen LogP contribution >= 0.6 is 0 Å². The molecular weight excluding hydrogens is 212 g/mol. The quantitative estimate of drug-likeness (QED) is 0.858. The maximum atomic E-state index is 12.2. The molecule has 0 bridgehead atoms. The molecule has 0 aromatic heterocycles. The van der Waals surface area contributed by atoms with Crippen LogP contribution in [0.5, 0.6) is 0 Å². The van der Waals surface area contributed by atoms with Crippen molar-refractivity contribution in [1.29, 1.82) is 0 Å². The third kappa shape index (κ3) is 2.67. The summed E-state index contributed by atoms with van der Waals surface area (Å²) in [7, 11) is 0. The predicted octanol–water partition coefficient (Wildman–Crippen LogP) is 1.77. The van der Waals surface area contributed by atoms with E-state index >= 15 is 0 Å². The van der Waals surface area contributed by atoms with Crippen molar-refractivity contribution in [3.63, 3.8) is 0 Å². The number of hydrogen-bond donors (Lipinski definition) is 1. The Bertz CT molecular complexity index is 378. The van der Waals surface area contributed by atoms with Gasteiger partial charge in [0.25, 0.3) is 0 Å². The first kappa shape index (κ1) is 12.1. The number of nitrogens with one attached hydrogen (secondary N) is 1. The molecule has 0 aliphatic carbocycles. The Kier molecular flexibility index (Phi) is 3.79. The highest BCUT2D eigenvalue weighted by atomic mass is 16.2. The lowest BCUT2D eigenvalue weighted by Crippen LogP contribution is -2.36. The number of fused-ring (bicyclic) bond motifs is 1. The molecule has 3 nitrogen and oxygen atoms in total. The monoisotopic (exact) mass is 232 g/mol. The average molecular weight is 232 g/mol. The van der Waals surface area contributed by atoms with Crippen molar-refractivity contribution in [3.05, 3.63) is 35.4 Å². The standard InChI is InChI=1S/C14H20N2O/c1-3-15-8-11(2)14(17)16-9-12-6-4-5-7-13(12)10-16/h4-7,11,15H,3,8-10H2,1-2H3. The first-order valence-corrected chi connectivity index (χ1v) is 6.28. The molecule has 1 heterocycles.